The van der Waals surface area contributed by atoms with E-state index in [2.05, 4.69) is 10.6 Å². The lowest BCUT2D eigenvalue weighted by molar-refractivity contribution is -0.148. The van der Waals surface area contributed by atoms with Gasteiger partial charge in [0.05, 0.1) is 53.6 Å². The van der Waals surface area contributed by atoms with Crippen LogP contribution in [0.2, 0.25) is 5.02 Å². The lowest BCUT2D eigenvalue weighted by Crippen LogP contribution is -2.59. The Morgan fingerprint density at radius 1 is 0.515 bits per heavy atom. The van der Waals surface area contributed by atoms with Crippen LogP contribution >= 0.6 is 11.6 Å². The highest BCUT2D eigenvalue weighted by Crippen LogP contribution is 2.47. The van der Waals surface area contributed by atoms with Crippen LogP contribution in [0.15, 0.2) is 91.0 Å². The molecule has 3 fully saturated rings. The van der Waals surface area contributed by atoms with E-state index in [0.29, 0.717) is 135 Å². The van der Waals surface area contributed by atoms with Gasteiger partial charge in [0.2, 0.25) is 11.8 Å². The molecule has 0 unspecified atom stereocenters. The van der Waals surface area contributed by atoms with Crippen LogP contribution < -0.4 is 29.6 Å². The number of piperidine rings is 3. The number of fused-ring (bicyclic) bond motifs is 6. The molecule has 99 heavy (non-hydrogen) atoms. The van der Waals surface area contributed by atoms with E-state index in [9.17, 15) is 67.9 Å². The molecule has 0 aliphatic carbocycles. The fourth-order valence-electron chi connectivity index (χ4n) is 14.4. The van der Waals surface area contributed by atoms with Gasteiger partial charge in [-0.15, -0.1) is 0 Å². The second kappa shape index (κ2) is 28.8. The van der Waals surface area contributed by atoms with E-state index in [4.69, 9.17) is 30.5 Å². The number of rotatable bonds is 11. The summed E-state index contributed by atoms with van der Waals surface area (Å²) in [5.41, 5.74) is -2.09. The van der Waals surface area contributed by atoms with Crippen molar-refractivity contribution in [1.82, 2.24) is 43.9 Å². The number of carbonyl (C=O) groups excluding carboxylic acids is 5. The number of hydrogen-bond donors (Lipinski definition) is 2. The van der Waals surface area contributed by atoms with Crippen LogP contribution in [-0.2, 0) is 53.0 Å². The summed E-state index contributed by atoms with van der Waals surface area (Å²) in [5.74, 6) is -0.463. The summed E-state index contributed by atoms with van der Waals surface area (Å²) in [7, 11) is 1.50. The average Bonchev–Trinajstić information content (AvgIpc) is 1.67. The number of amides is 4. The van der Waals surface area contributed by atoms with E-state index in [1.54, 1.807) is 76.8 Å². The fourth-order valence-corrected chi connectivity index (χ4v) is 14.6. The molecule has 6 aromatic rings. The maximum atomic E-state index is 14.3. The average molecular weight is 1420 g/mol. The highest BCUT2D eigenvalue weighted by molar-refractivity contribution is 6.32. The first-order chi connectivity index (χ1) is 46.6. The number of alkyl halides is 9. The normalized spacial score (nSPS) is 17.9. The lowest BCUT2D eigenvalue weighted by Gasteiger charge is -2.52. The van der Waals surface area contributed by atoms with Gasteiger partial charge in [-0.25, -0.2) is 4.39 Å². The molecule has 3 aromatic carbocycles. The van der Waals surface area contributed by atoms with Crippen LogP contribution in [-0.4, -0.2) is 147 Å². The molecule has 9 heterocycles. The topological polar surface area (TPSA) is 174 Å². The largest absolute Gasteiger partial charge is 0.493 e. The number of aromatic nitrogens is 3. The van der Waals surface area contributed by atoms with Gasteiger partial charge >= 0.3 is 18.5 Å². The van der Waals surface area contributed by atoms with Crippen LogP contribution in [0, 0.1) is 5.82 Å². The molecule has 12 rings (SSSR count). The Morgan fingerprint density at radius 2 is 0.949 bits per heavy atom. The third-order valence-corrected chi connectivity index (χ3v) is 19.3. The smallest absolute Gasteiger partial charge is 0.431 e. The summed E-state index contributed by atoms with van der Waals surface area (Å²) in [6, 6.07) is 21.6. The molecular formula is C70H84ClF10N9O9. The van der Waals surface area contributed by atoms with Crippen molar-refractivity contribution in [1.29, 1.82) is 0 Å². The zero-order chi connectivity index (χ0) is 71.9. The summed E-state index contributed by atoms with van der Waals surface area (Å²) in [4.78, 5) is 71.0. The van der Waals surface area contributed by atoms with E-state index >= 15 is 0 Å². The van der Waals surface area contributed by atoms with Crippen LogP contribution in [0.5, 0.6) is 23.0 Å². The Morgan fingerprint density at radius 3 is 1.44 bits per heavy atom. The van der Waals surface area contributed by atoms with Gasteiger partial charge in [-0.1, -0.05) is 18.5 Å². The minimum Gasteiger partial charge on any atom is -0.493 e. The number of likely N-dealkylation sites (tertiary alicyclic amines) is 3. The Kier molecular flexibility index (Phi) is 21.4. The van der Waals surface area contributed by atoms with Crippen molar-refractivity contribution in [2.45, 2.75) is 160 Å². The number of methoxy groups -OCH3 is 1. The molecular weight excluding hydrogens is 1340 g/mol. The first kappa shape index (κ1) is 73.5. The van der Waals surface area contributed by atoms with E-state index in [-0.39, 0.29) is 88.7 Å². The molecule has 2 N–H and O–H groups in total. The molecule has 29 heteroatoms. The zero-order valence-corrected chi connectivity index (χ0v) is 56.8. The summed E-state index contributed by atoms with van der Waals surface area (Å²) in [6.45, 7) is 15.7. The number of ether oxygens (including phenoxy) is 4. The SMILES string of the molecule is CC(C)Oc1ccc(C(=O)N2CCC3(CC2)NCCn2c(C(F)(F)F)ccc23)cc1F.CCC(=O)N1CCn2c(C(F)(F)F)ccc2C12CCN(C(=O)c1ccc(OC(C)C)c(Cl)c1)CC2.COc1cc(C(=O)N2CCC3(CC2)NCC(=O)n2c(C(F)(F)F)ccc23)ccc1OC(C)C.[HH].[HH]. The molecule has 6 aliphatic rings. The molecule has 6 aliphatic heterocycles. The van der Waals surface area contributed by atoms with Gasteiger partial charge < -0.3 is 53.0 Å². The van der Waals surface area contributed by atoms with Crippen molar-refractivity contribution in [2.75, 3.05) is 66.0 Å². The number of hydrogen-bond acceptors (Lipinski definition) is 11. The number of benzene rings is 3. The Balaban J connectivity index is 0.000000191. The minimum absolute atomic E-state index is 0. The lowest BCUT2D eigenvalue weighted by atomic mass is 9.80. The van der Waals surface area contributed by atoms with Gasteiger partial charge in [0.15, 0.2) is 23.1 Å². The number of halogens is 11. The summed E-state index contributed by atoms with van der Waals surface area (Å²) < 4.78 is 161. The van der Waals surface area contributed by atoms with Crippen molar-refractivity contribution in [3.8, 4) is 23.0 Å². The van der Waals surface area contributed by atoms with Crippen molar-refractivity contribution in [2.24, 2.45) is 0 Å². The second-order valence-electron chi connectivity index (χ2n) is 26.2. The first-order valence-corrected chi connectivity index (χ1v) is 33.3. The molecule has 3 aromatic heterocycles. The van der Waals surface area contributed by atoms with E-state index in [1.165, 1.54) is 52.6 Å². The molecule has 0 bridgehead atoms. The van der Waals surface area contributed by atoms with Gasteiger partial charge in [-0.3, -0.25) is 33.9 Å². The standard InChI is InChI=1S/C25H29ClF3N3O3.C23H26F3N3O4.C22H25F4N3O2.2H2/c1-4-22(33)32-14-13-31-20(7-8-21(31)25(27,28)29)24(32)9-11-30(12-10-24)23(34)17-5-6-19(18(26)15-17)35-16(2)3;1-14(2)33-16-5-4-15(12-17(16)32-3)21(31)28-10-8-22(9-11-28)18-6-7-19(23(24,25)26)29(18)20(30)13-27-22;1-14(2)31-17-4-3-15(13-16(17)23)20(30)28-10-7-21(8-11-28)18-5-6-19(22(24,25)26)29(18)12-9-27-21;;/h5-8,15-16H,4,9-14H2,1-3H3;4-7,12,14,27H,8-11,13H2,1-3H3;3-6,13-14,27H,7-12H2,1-2H3;2*1H. The molecule has 18 nitrogen and oxygen atoms in total. The first-order valence-electron chi connectivity index (χ1n) is 33.0. The van der Waals surface area contributed by atoms with E-state index < -0.39 is 64.0 Å². The zero-order valence-electron chi connectivity index (χ0n) is 56.1. The third kappa shape index (κ3) is 15.1. The third-order valence-electron chi connectivity index (χ3n) is 19.0. The maximum absolute atomic E-state index is 14.3. The molecule has 3 saturated heterocycles. The quantitative estimate of drug-likeness (QED) is 0.118. The van der Waals surface area contributed by atoms with Crippen LogP contribution in [0.4, 0.5) is 43.9 Å². The van der Waals surface area contributed by atoms with Gasteiger partial charge in [-0.2, -0.15) is 39.5 Å². The highest BCUT2D eigenvalue weighted by atomic mass is 35.5. The maximum Gasteiger partial charge on any atom is 0.431 e. The Hall–Kier alpha value is -8.24. The van der Waals surface area contributed by atoms with Crippen LogP contribution in [0.1, 0.15) is 166 Å². The number of carbonyl (C=O) groups is 5. The number of nitrogens with one attached hydrogen (secondary N) is 2. The van der Waals surface area contributed by atoms with Crippen molar-refractivity contribution < 1.29 is 89.7 Å². The summed E-state index contributed by atoms with van der Waals surface area (Å²) >= 11 is 6.30. The van der Waals surface area contributed by atoms with E-state index in [1.807, 2.05) is 27.7 Å². The molecule has 0 radical (unpaired) electrons. The fraction of sp³-hybridized carbons (Fsp3) is 0.500. The van der Waals surface area contributed by atoms with Crippen LogP contribution in [0.3, 0.4) is 0 Å². The van der Waals surface area contributed by atoms with Gasteiger partial charge in [-0.05, 0) is 171 Å². The van der Waals surface area contributed by atoms with Gasteiger partial charge in [0.1, 0.15) is 22.8 Å². The minimum atomic E-state index is -4.62. The Labute approximate surface area is 574 Å². The molecule has 3 spiro atoms. The van der Waals surface area contributed by atoms with Gasteiger partial charge in [0.25, 0.3) is 17.7 Å². The molecule has 0 atom stereocenters. The highest BCUT2D eigenvalue weighted by Gasteiger charge is 2.52. The van der Waals surface area contributed by atoms with Gasteiger partial charge in [0, 0.05) is 108 Å². The second-order valence-corrected chi connectivity index (χ2v) is 26.7. The molecule has 4 amide bonds. The summed E-state index contributed by atoms with van der Waals surface area (Å²) in [6.07, 6.45) is -11.1. The monoisotopic (exact) mass is 1420 g/mol. The van der Waals surface area contributed by atoms with E-state index in [0.717, 1.165) is 22.8 Å². The Bertz CT molecular complexity index is 3980. The predicted molar refractivity (Wildman–Crippen MR) is 350 cm³/mol. The molecule has 540 valence electrons. The number of nitrogens with zero attached hydrogens (tertiary/aromatic N) is 7. The van der Waals surface area contributed by atoms with Crippen molar-refractivity contribution in [3.63, 3.8) is 0 Å². The van der Waals surface area contributed by atoms with Crippen molar-refractivity contribution >= 4 is 41.1 Å². The summed E-state index contributed by atoms with van der Waals surface area (Å²) in [5, 5.41) is 6.86. The molecule has 0 saturated carbocycles. The predicted octanol–water partition coefficient (Wildman–Crippen LogP) is 13.7. The van der Waals surface area contributed by atoms with Crippen molar-refractivity contribution in [3.05, 3.63) is 153 Å². The van der Waals surface area contributed by atoms with Crippen LogP contribution in [0.25, 0.3) is 0 Å².